The SMILES string of the molecule is CCCCc1[nH]c(CCC)nc(=S)c1C. The number of nitrogens with one attached hydrogen (secondary N) is 1. The quantitative estimate of drug-likeness (QED) is 0.772. The Morgan fingerprint density at radius 3 is 2.53 bits per heavy atom. The van der Waals surface area contributed by atoms with E-state index >= 15 is 0 Å². The second-order valence-corrected chi connectivity index (χ2v) is 4.33. The molecule has 0 aliphatic rings. The normalized spacial score (nSPS) is 10.6. The van der Waals surface area contributed by atoms with Gasteiger partial charge in [-0.25, -0.2) is 4.98 Å². The molecular formula is C12H20N2S. The fourth-order valence-electron chi connectivity index (χ4n) is 1.59. The number of hydrogen-bond donors (Lipinski definition) is 1. The maximum atomic E-state index is 5.26. The summed E-state index contributed by atoms with van der Waals surface area (Å²) in [7, 11) is 0. The summed E-state index contributed by atoms with van der Waals surface area (Å²) in [5, 5.41) is 0. The first-order valence-corrected chi connectivity index (χ1v) is 6.18. The minimum atomic E-state index is 0.767. The van der Waals surface area contributed by atoms with Gasteiger partial charge in [0.15, 0.2) is 0 Å². The number of aromatic nitrogens is 2. The number of nitrogens with zero attached hydrogens (tertiary/aromatic N) is 1. The molecule has 0 unspecified atom stereocenters. The van der Waals surface area contributed by atoms with Crippen molar-refractivity contribution in [2.75, 3.05) is 0 Å². The van der Waals surface area contributed by atoms with E-state index in [-0.39, 0.29) is 0 Å². The zero-order chi connectivity index (χ0) is 11.3. The van der Waals surface area contributed by atoms with Gasteiger partial charge in [-0.1, -0.05) is 32.5 Å². The minimum absolute atomic E-state index is 0.767. The molecule has 0 amide bonds. The lowest BCUT2D eigenvalue weighted by atomic mass is 10.1. The molecule has 0 radical (unpaired) electrons. The van der Waals surface area contributed by atoms with Crippen LogP contribution >= 0.6 is 12.2 Å². The molecule has 1 rings (SSSR count). The lowest BCUT2D eigenvalue weighted by molar-refractivity contribution is 0.741. The van der Waals surface area contributed by atoms with E-state index in [9.17, 15) is 0 Å². The van der Waals surface area contributed by atoms with Crippen molar-refractivity contribution in [1.29, 1.82) is 0 Å². The molecule has 1 aromatic heterocycles. The van der Waals surface area contributed by atoms with Crippen LogP contribution in [0.1, 0.15) is 50.2 Å². The van der Waals surface area contributed by atoms with Crippen LogP contribution in [0.3, 0.4) is 0 Å². The molecule has 0 saturated carbocycles. The van der Waals surface area contributed by atoms with E-state index in [1.54, 1.807) is 0 Å². The predicted molar refractivity (Wildman–Crippen MR) is 66.8 cm³/mol. The summed E-state index contributed by atoms with van der Waals surface area (Å²) in [5.74, 6) is 1.04. The average Bonchev–Trinajstić information content (AvgIpc) is 2.21. The van der Waals surface area contributed by atoms with Crippen molar-refractivity contribution in [2.45, 2.75) is 52.9 Å². The monoisotopic (exact) mass is 224 g/mol. The lowest BCUT2D eigenvalue weighted by Crippen LogP contribution is -2.03. The molecule has 15 heavy (non-hydrogen) atoms. The number of hydrogen-bond acceptors (Lipinski definition) is 2. The summed E-state index contributed by atoms with van der Waals surface area (Å²) in [5.41, 5.74) is 2.43. The standard InChI is InChI=1S/C12H20N2S/c1-4-6-8-10-9(3)12(15)14-11(13-10)7-5-2/h4-8H2,1-3H3,(H,13,14,15). The number of unbranched alkanes of at least 4 members (excludes halogenated alkanes) is 1. The molecule has 0 aliphatic heterocycles. The van der Waals surface area contributed by atoms with Crippen LogP contribution < -0.4 is 0 Å². The van der Waals surface area contributed by atoms with Gasteiger partial charge in [0.25, 0.3) is 0 Å². The Labute approximate surface area is 97.1 Å². The van der Waals surface area contributed by atoms with Gasteiger partial charge in [0.2, 0.25) is 0 Å². The van der Waals surface area contributed by atoms with Crippen LogP contribution in [0, 0.1) is 11.6 Å². The largest absolute Gasteiger partial charge is 0.347 e. The van der Waals surface area contributed by atoms with Crippen molar-refractivity contribution < 1.29 is 0 Å². The van der Waals surface area contributed by atoms with Gasteiger partial charge >= 0.3 is 0 Å². The second-order valence-electron chi connectivity index (χ2n) is 3.95. The van der Waals surface area contributed by atoms with Crippen molar-refractivity contribution in [3.63, 3.8) is 0 Å². The maximum Gasteiger partial charge on any atom is 0.132 e. The van der Waals surface area contributed by atoms with Crippen LogP contribution in [-0.4, -0.2) is 9.97 Å². The topological polar surface area (TPSA) is 28.7 Å². The molecule has 0 saturated heterocycles. The van der Waals surface area contributed by atoms with E-state index in [0.717, 1.165) is 35.3 Å². The summed E-state index contributed by atoms with van der Waals surface area (Å²) in [6.07, 6.45) is 5.61. The third-order valence-corrected chi connectivity index (χ3v) is 2.97. The van der Waals surface area contributed by atoms with Gasteiger partial charge in [0.05, 0.1) is 0 Å². The smallest absolute Gasteiger partial charge is 0.132 e. The van der Waals surface area contributed by atoms with Crippen LogP contribution in [0.2, 0.25) is 0 Å². The molecule has 2 nitrogen and oxygen atoms in total. The zero-order valence-electron chi connectivity index (χ0n) is 9.89. The van der Waals surface area contributed by atoms with Gasteiger partial charge in [-0.2, -0.15) is 0 Å². The highest BCUT2D eigenvalue weighted by Gasteiger charge is 2.03. The minimum Gasteiger partial charge on any atom is -0.347 e. The van der Waals surface area contributed by atoms with Gasteiger partial charge in [0.1, 0.15) is 10.5 Å². The highest BCUT2D eigenvalue weighted by atomic mass is 32.1. The molecule has 3 heteroatoms. The van der Waals surface area contributed by atoms with Gasteiger partial charge in [-0.15, -0.1) is 0 Å². The number of aromatic amines is 1. The van der Waals surface area contributed by atoms with Crippen molar-refractivity contribution in [2.24, 2.45) is 0 Å². The van der Waals surface area contributed by atoms with Crippen LogP contribution in [0.15, 0.2) is 0 Å². The molecule has 1 aromatic rings. The Bertz CT molecular complexity index is 368. The molecule has 84 valence electrons. The van der Waals surface area contributed by atoms with Crippen LogP contribution in [0.5, 0.6) is 0 Å². The summed E-state index contributed by atoms with van der Waals surface area (Å²) in [6.45, 7) is 6.43. The van der Waals surface area contributed by atoms with Gasteiger partial charge in [-0.3, -0.25) is 0 Å². The summed E-state index contributed by atoms with van der Waals surface area (Å²) < 4.78 is 0.767. The van der Waals surface area contributed by atoms with Gasteiger partial charge in [0, 0.05) is 17.7 Å². The van der Waals surface area contributed by atoms with Gasteiger partial charge < -0.3 is 4.98 Å². The second kappa shape index (κ2) is 6.01. The number of aryl methyl sites for hydroxylation is 2. The molecule has 0 atom stereocenters. The third kappa shape index (κ3) is 3.42. The van der Waals surface area contributed by atoms with Crippen LogP contribution in [-0.2, 0) is 12.8 Å². The third-order valence-electron chi connectivity index (χ3n) is 2.57. The molecule has 1 heterocycles. The Hall–Kier alpha value is -0.700. The first-order chi connectivity index (χ1) is 7.19. The molecule has 1 N–H and O–H groups in total. The Morgan fingerprint density at radius 2 is 1.93 bits per heavy atom. The van der Waals surface area contributed by atoms with Crippen molar-refractivity contribution in [1.82, 2.24) is 9.97 Å². The van der Waals surface area contributed by atoms with E-state index in [0.29, 0.717) is 0 Å². The fourth-order valence-corrected chi connectivity index (χ4v) is 1.82. The fraction of sp³-hybridized carbons (Fsp3) is 0.667. The first kappa shape index (κ1) is 12.4. The maximum absolute atomic E-state index is 5.26. The van der Waals surface area contributed by atoms with Gasteiger partial charge in [-0.05, 0) is 26.2 Å². The summed E-state index contributed by atoms with van der Waals surface area (Å²) in [6, 6.07) is 0. The molecule has 0 fully saturated rings. The van der Waals surface area contributed by atoms with E-state index in [1.165, 1.54) is 18.5 Å². The van der Waals surface area contributed by atoms with E-state index in [2.05, 4.69) is 30.7 Å². The first-order valence-electron chi connectivity index (χ1n) is 5.77. The summed E-state index contributed by atoms with van der Waals surface area (Å²) >= 11 is 5.26. The van der Waals surface area contributed by atoms with Crippen LogP contribution in [0.4, 0.5) is 0 Å². The number of H-pyrrole nitrogens is 1. The predicted octanol–water partition coefficient (Wildman–Crippen LogP) is 3.74. The average molecular weight is 224 g/mol. The van der Waals surface area contributed by atoms with E-state index in [4.69, 9.17) is 12.2 Å². The van der Waals surface area contributed by atoms with Crippen molar-refractivity contribution in [3.8, 4) is 0 Å². The zero-order valence-corrected chi connectivity index (χ0v) is 10.7. The molecular weight excluding hydrogens is 204 g/mol. The Kier molecular flexibility index (Phi) is 4.95. The Morgan fingerprint density at radius 1 is 1.20 bits per heavy atom. The van der Waals surface area contributed by atoms with Crippen molar-refractivity contribution in [3.05, 3.63) is 21.7 Å². The molecule has 0 aromatic carbocycles. The van der Waals surface area contributed by atoms with Crippen molar-refractivity contribution >= 4 is 12.2 Å². The molecule has 0 spiro atoms. The number of rotatable bonds is 5. The highest BCUT2D eigenvalue weighted by molar-refractivity contribution is 7.71. The summed E-state index contributed by atoms with van der Waals surface area (Å²) in [4.78, 5) is 7.80. The highest BCUT2D eigenvalue weighted by Crippen LogP contribution is 2.10. The Balaban J connectivity index is 2.96. The molecule has 0 aliphatic carbocycles. The lowest BCUT2D eigenvalue weighted by Gasteiger charge is -2.08. The van der Waals surface area contributed by atoms with E-state index < -0.39 is 0 Å². The van der Waals surface area contributed by atoms with E-state index in [1.807, 2.05) is 0 Å². The van der Waals surface area contributed by atoms with Crippen LogP contribution in [0.25, 0.3) is 0 Å². The molecule has 0 bridgehead atoms.